The lowest BCUT2D eigenvalue weighted by molar-refractivity contribution is -0.384. The minimum Gasteiger partial charge on any atom is -0.486 e. The highest BCUT2D eigenvalue weighted by Crippen LogP contribution is 2.37. The van der Waals surface area contributed by atoms with Crippen molar-refractivity contribution >= 4 is 72.4 Å². The number of halogens is 4. The average Bonchev–Trinajstić information content (AvgIpc) is 2.72. The van der Waals surface area contributed by atoms with Crippen molar-refractivity contribution < 1.29 is 9.66 Å². The summed E-state index contributed by atoms with van der Waals surface area (Å²) >= 11 is 19.1. The summed E-state index contributed by atoms with van der Waals surface area (Å²) in [5.74, 6) is 0.567. The Labute approximate surface area is 205 Å². The van der Waals surface area contributed by atoms with Crippen molar-refractivity contribution in [3.05, 3.63) is 100 Å². The van der Waals surface area contributed by atoms with Crippen LogP contribution in [0.2, 0.25) is 10.0 Å². The van der Waals surface area contributed by atoms with Crippen LogP contribution in [0.3, 0.4) is 0 Å². The third-order valence-corrected chi connectivity index (χ3v) is 5.97. The van der Waals surface area contributed by atoms with Crippen LogP contribution in [0.15, 0.2) is 63.5 Å². The van der Waals surface area contributed by atoms with Gasteiger partial charge >= 0.3 is 0 Å². The lowest BCUT2D eigenvalue weighted by atomic mass is 10.0. The number of nitriles is 1. The van der Waals surface area contributed by atoms with E-state index in [1.807, 2.05) is 0 Å². The average molecular weight is 583 g/mol. The molecule has 156 valence electrons. The maximum Gasteiger partial charge on any atom is 0.270 e. The number of nitrogens with zero attached hydrogens (tertiary/aromatic N) is 2. The second-order valence-corrected chi connectivity index (χ2v) is 8.87. The second-order valence-electron chi connectivity index (χ2n) is 6.32. The molecular formula is C22H12Br2Cl2N2O3. The van der Waals surface area contributed by atoms with Crippen molar-refractivity contribution in [3.63, 3.8) is 0 Å². The van der Waals surface area contributed by atoms with Gasteiger partial charge in [0, 0.05) is 27.7 Å². The third-order valence-electron chi connectivity index (χ3n) is 4.21. The fraction of sp³-hybridized carbons (Fsp3) is 0.0455. The molecule has 0 spiro atoms. The molecule has 0 fully saturated rings. The number of nitro groups is 1. The number of allylic oxidation sites excluding steroid dienone is 1. The summed E-state index contributed by atoms with van der Waals surface area (Å²) in [5.41, 5.74) is 2.17. The number of nitro benzene ring substituents is 1. The molecule has 0 heterocycles. The van der Waals surface area contributed by atoms with Crippen molar-refractivity contribution in [1.82, 2.24) is 0 Å². The van der Waals surface area contributed by atoms with Crippen LogP contribution in [0.5, 0.6) is 5.75 Å². The molecule has 3 aromatic rings. The molecule has 0 aliphatic rings. The molecule has 3 rings (SSSR count). The smallest absolute Gasteiger partial charge is 0.270 e. The number of benzene rings is 3. The lowest BCUT2D eigenvalue weighted by Crippen LogP contribution is -1.98. The fourth-order valence-electron chi connectivity index (χ4n) is 2.72. The molecule has 3 aromatic carbocycles. The van der Waals surface area contributed by atoms with E-state index in [-0.39, 0.29) is 12.3 Å². The van der Waals surface area contributed by atoms with Gasteiger partial charge in [-0.15, -0.1) is 0 Å². The van der Waals surface area contributed by atoms with Crippen LogP contribution >= 0.6 is 55.1 Å². The van der Waals surface area contributed by atoms with Gasteiger partial charge in [-0.2, -0.15) is 5.26 Å². The SMILES string of the molecule is N#C/C(=C/c1cc(Br)c(OCc2ccc(Cl)cc2Cl)c(Br)c1)c1cccc([N+](=O)[O-])c1. The Morgan fingerprint density at radius 2 is 1.84 bits per heavy atom. The molecular weight excluding hydrogens is 571 g/mol. The molecule has 0 saturated carbocycles. The molecule has 0 aliphatic carbocycles. The zero-order valence-electron chi connectivity index (χ0n) is 15.6. The summed E-state index contributed by atoms with van der Waals surface area (Å²) in [6.45, 7) is 0.236. The van der Waals surface area contributed by atoms with Gasteiger partial charge in [0.1, 0.15) is 12.4 Å². The van der Waals surface area contributed by atoms with Crippen molar-refractivity contribution in [2.24, 2.45) is 0 Å². The van der Waals surface area contributed by atoms with Crippen LogP contribution in [0.1, 0.15) is 16.7 Å². The number of hydrogen-bond donors (Lipinski definition) is 0. The van der Waals surface area contributed by atoms with Crippen LogP contribution in [-0.2, 0) is 6.61 Å². The van der Waals surface area contributed by atoms with Crippen molar-refractivity contribution in [2.45, 2.75) is 6.61 Å². The zero-order chi connectivity index (χ0) is 22.5. The van der Waals surface area contributed by atoms with Gasteiger partial charge in [-0.1, -0.05) is 41.4 Å². The van der Waals surface area contributed by atoms with Gasteiger partial charge in [0.25, 0.3) is 5.69 Å². The third kappa shape index (κ3) is 5.86. The Balaban J connectivity index is 1.87. The van der Waals surface area contributed by atoms with E-state index in [0.29, 0.717) is 41.4 Å². The van der Waals surface area contributed by atoms with E-state index in [9.17, 15) is 15.4 Å². The first-order valence-electron chi connectivity index (χ1n) is 8.71. The predicted octanol–water partition coefficient (Wildman–Crippen LogP) is 8.07. The summed E-state index contributed by atoms with van der Waals surface area (Å²) in [6, 6.07) is 16.8. The van der Waals surface area contributed by atoms with Gasteiger partial charge < -0.3 is 4.74 Å². The van der Waals surface area contributed by atoms with E-state index >= 15 is 0 Å². The summed E-state index contributed by atoms with van der Waals surface area (Å²) in [6.07, 6.45) is 1.65. The normalized spacial score (nSPS) is 11.1. The van der Waals surface area contributed by atoms with E-state index in [1.54, 1.807) is 48.5 Å². The standard InChI is InChI=1S/C22H12Br2Cl2N2O3/c23-19-7-13(6-16(11-27)14-2-1-3-18(9-14)28(29)30)8-20(24)22(19)31-12-15-4-5-17(25)10-21(15)26/h1-10H,12H2/b16-6-. The second kappa shape index (κ2) is 10.3. The summed E-state index contributed by atoms with van der Waals surface area (Å²) in [4.78, 5) is 10.5. The van der Waals surface area contributed by atoms with E-state index in [1.165, 1.54) is 12.1 Å². The Hall–Kier alpha value is -2.37. The molecule has 0 atom stereocenters. The van der Waals surface area contributed by atoms with E-state index in [0.717, 1.165) is 5.56 Å². The highest BCUT2D eigenvalue weighted by atomic mass is 79.9. The first kappa shape index (κ1) is 23.3. The van der Waals surface area contributed by atoms with Crippen LogP contribution in [0.25, 0.3) is 11.6 Å². The quantitative estimate of drug-likeness (QED) is 0.127. The van der Waals surface area contributed by atoms with Crippen molar-refractivity contribution in [1.29, 1.82) is 5.26 Å². The highest BCUT2D eigenvalue weighted by Gasteiger charge is 2.12. The molecule has 0 unspecified atom stereocenters. The van der Waals surface area contributed by atoms with Gasteiger partial charge in [0.15, 0.2) is 0 Å². The highest BCUT2D eigenvalue weighted by molar-refractivity contribution is 9.11. The topological polar surface area (TPSA) is 76.2 Å². The van der Waals surface area contributed by atoms with Gasteiger partial charge in [-0.25, -0.2) is 0 Å². The summed E-state index contributed by atoms with van der Waals surface area (Å²) < 4.78 is 7.23. The molecule has 0 aromatic heterocycles. The first-order valence-corrected chi connectivity index (χ1v) is 11.0. The Morgan fingerprint density at radius 3 is 2.45 bits per heavy atom. The molecule has 0 amide bonds. The van der Waals surface area contributed by atoms with Crippen LogP contribution in [0.4, 0.5) is 5.69 Å². The largest absolute Gasteiger partial charge is 0.486 e. The number of non-ortho nitro benzene ring substituents is 1. The van der Waals surface area contributed by atoms with Gasteiger partial charge in [-0.05, 0) is 73.3 Å². The van der Waals surface area contributed by atoms with Gasteiger partial charge in [0.05, 0.1) is 25.5 Å². The fourth-order valence-corrected chi connectivity index (χ4v) is 4.64. The van der Waals surface area contributed by atoms with E-state index < -0.39 is 4.92 Å². The predicted molar refractivity (Wildman–Crippen MR) is 129 cm³/mol. The van der Waals surface area contributed by atoms with Gasteiger partial charge in [0.2, 0.25) is 0 Å². The van der Waals surface area contributed by atoms with Crippen LogP contribution < -0.4 is 4.74 Å². The molecule has 5 nitrogen and oxygen atoms in total. The number of rotatable bonds is 6. The molecule has 0 aliphatic heterocycles. The van der Waals surface area contributed by atoms with Crippen molar-refractivity contribution in [2.75, 3.05) is 0 Å². The molecule has 0 bridgehead atoms. The van der Waals surface area contributed by atoms with Gasteiger partial charge in [-0.3, -0.25) is 10.1 Å². The zero-order valence-corrected chi connectivity index (χ0v) is 20.3. The Bertz CT molecular complexity index is 1220. The maximum atomic E-state index is 11.0. The monoisotopic (exact) mass is 580 g/mol. The summed E-state index contributed by atoms with van der Waals surface area (Å²) in [5, 5.41) is 21.6. The molecule has 31 heavy (non-hydrogen) atoms. The van der Waals surface area contributed by atoms with Crippen LogP contribution in [-0.4, -0.2) is 4.92 Å². The number of ether oxygens (including phenoxy) is 1. The van der Waals surface area contributed by atoms with Crippen molar-refractivity contribution in [3.8, 4) is 11.8 Å². The minimum atomic E-state index is -0.495. The van der Waals surface area contributed by atoms with E-state index in [2.05, 4.69) is 37.9 Å². The lowest BCUT2D eigenvalue weighted by Gasteiger charge is -2.12. The molecule has 0 saturated heterocycles. The first-order chi connectivity index (χ1) is 14.8. The summed E-state index contributed by atoms with van der Waals surface area (Å²) in [7, 11) is 0. The molecule has 9 heteroatoms. The Morgan fingerprint density at radius 1 is 1.13 bits per heavy atom. The van der Waals surface area contributed by atoms with E-state index in [4.69, 9.17) is 27.9 Å². The molecule has 0 N–H and O–H groups in total. The minimum absolute atomic E-state index is 0.0781. The molecule has 0 radical (unpaired) electrons. The Kier molecular flexibility index (Phi) is 7.74. The maximum absolute atomic E-state index is 11.0. The number of hydrogen-bond acceptors (Lipinski definition) is 4. The van der Waals surface area contributed by atoms with Crippen LogP contribution in [0, 0.1) is 21.4 Å².